The van der Waals surface area contributed by atoms with E-state index in [1.807, 2.05) is 6.07 Å². The molecule has 0 saturated carbocycles. The van der Waals surface area contributed by atoms with Gasteiger partial charge in [0, 0.05) is 16.7 Å². The number of amides is 1. The summed E-state index contributed by atoms with van der Waals surface area (Å²) in [5, 5.41) is 0. The maximum Gasteiger partial charge on any atom is 0.265 e. The van der Waals surface area contributed by atoms with Crippen LogP contribution < -0.4 is 5.73 Å². The lowest BCUT2D eigenvalue weighted by atomic mass is 10.1. The SMILES string of the molecule is CS(=N)(=O)c1ccc(-c2ncn3c(C(N)=O)cccc23)cc1. The van der Waals surface area contributed by atoms with Crippen molar-refractivity contribution < 1.29 is 9.00 Å². The smallest absolute Gasteiger partial charge is 0.265 e. The van der Waals surface area contributed by atoms with Crippen molar-refractivity contribution in [2.24, 2.45) is 5.73 Å². The van der Waals surface area contributed by atoms with E-state index in [9.17, 15) is 9.00 Å². The lowest BCUT2D eigenvalue weighted by Crippen LogP contribution is -2.14. The monoisotopic (exact) mass is 314 g/mol. The number of pyridine rings is 1. The Morgan fingerprint density at radius 3 is 2.50 bits per heavy atom. The Labute approximate surface area is 127 Å². The minimum atomic E-state index is -2.74. The van der Waals surface area contributed by atoms with Gasteiger partial charge in [0.05, 0.1) is 20.9 Å². The number of nitrogens with two attached hydrogens (primary N) is 1. The van der Waals surface area contributed by atoms with Crippen molar-refractivity contribution in [1.82, 2.24) is 9.38 Å². The number of primary amides is 1. The predicted molar refractivity (Wildman–Crippen MR) is 84.2 cm³/mol. The minimum Gasteiger partial charge on any atom is -0.364 e. The fraction of sp³-hybridized carbons (Fsp3) is 0.0667. The fourth-order valence-corrected chi connectivity index (χ4v) is 2.97. The van der Waals surface area contributed by atoms with Gasteiger partial charge in [-0.15, -0.1) is 0 Å². The molecular formula is C15H14N4O2S. The van der Waals surface area contributed by atoms with Crippen molar-refractivity contribution in [2.45, 2.75) is 4.90 Å². The van der Waals surface area contributed by atoms with Crippen LogP contribution in [0.5, 0.6) is 0 Å². The molecule has 3 rings (SSSR count). The third kappa shape index (κ3) is 2.35. The normalized spacial score (nSPS) is 13.9. The molecule has 0 aliphatic heterocycles. The molecule has 0 saturated heterocycles. The van der Waals surface area contributed by atoms with Gasteiger partial charge in [-0.2, -0.15) is 0 Å². The molecule has 1 atom stereocenters. The van der Waals surface area contributed by atoms with E-state index in [2.05, 4.69) is 4.98 Å². The Balaban J connectivity index is 2.15. The molecule has 3 N–H and O–H groups in total. The second-order valence-electron chi connectivity index (χ2n) is 4.99. The van der Waals surface area contributed by atoms with Crippen molar-refractivity contribution in [3.63, 3.8) is 0 Å². The number of nitrogens with zero attached hydrogens (tertiary/aromatic N) is 2. The zero-order valence-electron chi connectivity index (χ0n) is 11.8. The first-order chi connectivity index (χ1) is 10.4. The number of aromatic nitrogens is 2. The average Bonchev–Trinajstić information content (AvgIpc) is 2.90. The maximum atomic E-state index is 11.7. The molecule has 0 bridgehead atoms. The predicted octanol–water partition coefficient (Wildman–Crippen LogP) is 2.14. The van der Waals surface area contributed by atoms with E-state index in [0.717, 1.165) is 11.1 Å². The highest BCUT2D eigenvalue weighted by Gasteiger charge is 2.12. The standard InChI is InChI=1S/C15H14N4O2S/c1-22(17,21)11-7-5-10(6-8-11)14-12-3-2-4-13(15(16)20)19(12)9-18-14/h2-9,17H,1H3,(H2,16,20). The first-order valence-electron chi connectivity index (χ1n) is 6.48. The topological polar surface area (TPSA) is 101 Å². The van der Waals surface area contributed by atoms with Crippen LogP contribution in [-0.2, 0) is 9.73 Å². The highest BCUT2D eigenvalue weighted by atomic mass is 32.2. The number of hydrogen-bond acceptors (Lipinski definition) is 4. The van der Waals surface area contributed by atoms with E-state index in [0.29, 0.717) is 16.3 Å². The summed E-state index contributed by atoms with van der Waals surface area (Å²) in [6, 6.07) is 12.1. The number of fused-ring (bicyclic) bond motifs is 1. The number of carbonyl (C=O) groups is 1. The highest BCUT2D eigenvalue weighted by Crippen LogP contribution is 2.25. The molecule has 6 nitrogen and oxygen atoms in total. The van der Waals surface area contributed by atoms with E-state index < -0.39 is 15.6 Å². The van der Waals surface area contributed by atoms with Gasteiger partial charge in [-0.3, -0.25) is 9.20 Å². The first-order valence-corrected chi connectivity index (χ1v) is 8.44. The van der Waals surface area contributed by atoms with Gasteiger partial charge in [0.2, 0.25) is 0 Å². The lowest BCUT2D eigenvalue weighted by Gasteiger charge is -2.04. The molecule has 22 heavy (non-hydrogen) atoms. The van der Waals surface area contributed by atoms with Crippen LogP contribution >= 0.6 is 0 Å². The highest BCUT2D eigenvalue weighted by molar-refractivity contribution is 7.91. The van der Waals surface area contributed by atoms with Crippen LogP contribution in [-0.4, -0.2) is 25.8 Å². The van der Waals surface area contributed by atoms with Crippen LogP contribution in [0.1, 0.15) is 10.5 Å². The molecule has 2 aromatic heterocycles. The van der Waals surface area contributed by atoms with E-state index in [1.165, 1.54) is 6.26 Å². The van der Waals surface area contributed by atoms with E-state index >= 15 is 0 Å². The summed E-state index contributed by atoms with van der Waals surface area (Å²) in [5.74, 6) is -0.523. The summed E-state index contributed by atoms with van der Waals surface area (Å²) in [6.07, 6.45) is 2.93. The van der Waals surface area contributed by atoms with E-state index in [1.54, 1.807) is 47.1 Å². The van der Waals surface area contributed by atoms with Gasteiger partial charge < -0.3 is 5.73 Å². The van der Waals surface area contributed by atoms with Crippen molar-refractivity contribution in [2.75, 3.05) is 6.26 Å². The van der Waals surface area contributed by atoms with Gasteiger partial charge in [0.1, 0.15) is 12.0 Å². The molecule has 7 heteroatoms. The largest absolute Gasteiger partial charge is 0.364 e. The molecular weight excluding hydrogens is 300 g/mol. The summed E-state index contributed by atoms with van der Waals surface area (Å²) >= 11 is 0. The quantitative estimate of drug-likeness (QED) is 0.774. The summed E-state index contributed by atoms with van der Waals surface area (Å²) in [7, 11) is -2.74. The molecule has 1 unspecified atom stereocenters. The molecule has 0 aliphatic carbocycles. The van der Waals surface area contributed by atoms with Crippen LogP contribution in [0.2, 0.25) is 0 Å². The number of imidazole rings is 1. The third-order valence-corrected chi connectivity index (χ3v) is 4.57. The number of rotatable bonds is 3. The van der Waals surface area contributed by atoms with E-state index in [-0.39, 0.29) is 0 Å². The zero-order valence-corrected chi connectivity index (χ0v) is 12.6. The minimum absolute atomic E-state index is 0.357. The molecule has 2 heterocycles. The van der Waals surface area contributed by atoms with Gasteiger partial charge in [0.15, 0.2) is 0 Å². The fourth-order valence-electron chi connectivity index (χ4n) is 2.32. The molecule has 0 radical (unpaired) electrons. The van der Waals surface area contributed by atoms with Gasteiger partial charge in [-0.1, -0.05) is 18.2 Å². The average molecular weight is 314 g/mol. The molecule has 112 valence electrons. The van der Waals surface area contributed by atoms with Crippen LogP contribution in [0.4, 0.5) is 0 Å². The van der Waals surface area contributed by atoms with Gasteiger partial charge in [0.25, 0.3) is 5.91 Å². The zero-order chi connectivity index (χ0) is 15.9. The molecule has 3 aromatic rings. The van der Waals surface area contributed by atoms with Crippen LogP contribution in [0, 0.1) is 4.78 Å². The van der Waals surface area contributed by atoms with Crippen molar-refractivity contribution >= 4 is 21.2 Å². The van der Waals surface area contributed by atoms with Crippen molar-refractivity contribution in [3.05, 3.63) is 54.5 Å². The number of carbonyl (C=O) groups excluding carboxylic acids is 1. The first kappa shape index (κ1) is 14.3. The molecule has 0 fully saturated rings. The Morgan fingerprint density at radius 2 is 1.91 bits per heavy atom. The number of nitrogens with one attached hydrogen (secondary N) is 1. The molecule has 0 aliphatic rings. The van der Waals surface area contributed by atoms with E-state index in [4.69, 9.17) is 10.5 Å². The van der Waals surface area contributed by atoms with Gasteiger partial charge in [-0.25, -0.2) is 14.0 Å². The number of hydrogen-bond donors (Lipinski definition) is 2. The van der Waals surface area contributed by atoms with Gasteiger partial charge in [-0.05, 0) is 24.3 Å². The third-order valence-electron chi connectivity index (χ3n) is 3.40. The Bertz CT molecular complexity index is 972. The van der Waals surface area contributed by atoms with Crippen molar-refractivity contribution in [1.29, 1.82) is 4.78 Å². The summed E-state index contributed by atoms with van der Waals surface area (Å²) in [6.45, 7) is 0. The van der Waals surface area contributed by atoms with Crippen LogP contribution in [0.3, 0.4) is 0 Å². The van der Waals surface area contributed by atoms with Crippen LogP contribution in [0.15, 0.2) is 53.7 Å². The number of benzene rings is 1. The second-order valence-corrected chi connectivity index (χ2v) is 7.15. The Hall–Kier alpha value is -2.67. The lowest BCUT2D eigenvalue weighted by molar-refractivity contribution is 0.0994. The molecule has 1 amide bonds. The molecule has 1 aromatic carbocycles. The Morgan fingerprint density at radius 1 is 1.23 bits per heavy atom. The summed E-state index contributed by atoms with van der Waals surface area (Å²) < 4.78 is 20.9. The Kier molecular flexibility index (Phi) is 3.22. The molecule has 0 spiro atoms. The second kappa shape index (κ2) is 4.96. The van der Waals surface area contributed by atoms with Crippen molar-refractivity contribution in [3.8, 4) is 11.3 Å². The summed E-state index contributed by atoms with van der Waals surface area (Å²) in [4.78, 5) is 16.2. The maximum absolute atomic E-state index is 11.7. The van der Waals surface area contributed by atoms with Gasteiger partial charge >= 0.3 is 0 Å². The van der Waals surface area contributed by atoms with Crippen LogP contribution in [0.25, 0.3) is 16.8 Å². The summed E-state index contributed by atoms with van der Waals surface area (Å²) in [5.41, 5.74) is 7.98.